The van der Waals surface area contributed by atoms with E-state index in [4.69, 9.17) is 9.47 Å². The highest BCUT2D eigenvalue weighted by Gasteiger charge is 2.03. The maximum Gasteiger partial charge on any atom is 0.305 e. The molecule has 4 nitrogen and oxygen atoms in total. The van der Waals surface area contributed by atoms with Gasteiger partial charge in [-0.25, -0.2) is 0 Å². The fraction of sp³-hybridized carbons (Fsp3) is 0.882. The summed E-state index contributed by atoms with van der Waals surface area (Å²) in [7, 11) is 0. The molecule has 0 aromatic rings. The molecule has 0 saturated heterocycles. The smallest absolute Gasteiger partial charge is 0.305 e. The van der Waals surface area contributed by atoms with Crippen LogP contribution in [0.25, 0.3) is 0 Å². The van der Waals surface area contributed by atoms with Crippen LogP contribution in [0.15, 0.2) is 0 Å². The molecule has 0 amide bonds. The molecule has 0 radical (unpaired) electrons. The van der Waals surface area contributed by atoms with Crippen molar-refractivity contribution < 1.29 is 19.1 Å². The number of ether oxygens (including phenoxy) is 2. The third-order valence-corrected chi connectivity index (χ3v) is 3.33. The highest BCUT2D eigenvalue weighted by Crippen LogP contribution is 2.08. The second kappa shape index (κ2) is 15.3. The molecule has 124 valence electrons. The third-order valence-electron chi connectivity index (χ3n) is 3.33. The molecular formula is C17H32O4. The number of carbonyl (C=O) groups excluding carboxylic acids is 2. The lowest BCUT2D eigenvalue weighted by molar-refractivity contribution is -0.144. The van der Waals surface area contributed by atoms with E-state index < -0.39 is 0 Å². The van der Waals surface area contributed by atoms with Crippen LogP contribution in [0.2, 0.25) is 0 Å². The van der Waals surface area contributed by atoms with Crippen molar-refractivity contribution in [3.05, 3.63) is 0 Å². The number of unbranched alkanes of at least 4 members (excludes halogenated alkanes) is 7. The van der Waals surface area contributed by atoms with Gasteiger partial charge < -0.3 is 9.47 Å². The second-order valence-corrected chi connectivity index (χ2v) is 5.35. The average molecular weight is 300 g/mol. The van der Waals surface area contributed by atoms with Crippen LogP contribution in [0.4, 0.5) is 0 Å². The van der Waals surface area contributed by atoms with Crippen molar-refractivity contribution in [3.8, 4) is 0 Å². The molecule has 4 heteroatoms. The summed E-state index contributed by atoms with van der Waals surface area (Å²) in [6.07, 6.45) is 10.4. The number of hydrogen-bond donors (Lipinski definition) is 0. The molecule has 0 aliphatic rings. The molecule has 0 aliphatic carbocycles. The van der Waals surface area contributed by atoms with E-state index in [9.17, 15) is 9.59 Å². The van der Waals surface area contributed by atoms with E-state index in [-0.39, 0.29) is 11.9 Å². The molecule has 0 aliphatic heterocycles. The summed E-state index contributed by atoms with van der Waals surface area (Å²) in [6.45, 7) is 5.01. The zero-order valence-electron chi connectivity index (χ0n) is 13.8. The lowest BCUT2D eigenvalue weighted by atomic mass is 10.1. The molecule has 0 N–H and O–H groups in total. The Morgan fingerprint density at radius 2 is 1.19 bits per heavy atom. The molecule has 0 aromatic heterocycles. The first-order chi connectivity index (χ1) is 10.2. The van der Waals surface area contributed by atoms with Gasteiger partial charge in [0, 0.05) is 12.8 Å². The quantitative estimate of drug-likeness (QED) is 0.352. The van der Waals surface area contributed by atoms with Crippen LogP contribution >= 0.6 is 0 Å². The van der Waals surface area contributed by atoms with Crippen molar-refractivity contribution in [1.29, 1.82) is 0 Å². The second-order valence-electron chi connectivity index (χ2n) is 5.35. The van der Waals surface area contributed by atoms with E-state index in [2.05, 4.69) is 6.92 Å². The van der Waals surface area contributed by atoms with E-state index in [0.29, 0.717) is 26.1 Å². The summed E-state index contributed by atoms with van der Waals surface area (Å²) in [6, 6.07) is 0. The van der Waals surface area contributed by atoms with Gasteiger partial charge in [0.05, 0.1) is 13.2 Å². The van der Waals surface area contributed by atoms with Crippen LogP contribution in [0.3, 0.4) is 0 Å². The van der Waals surface area contributed by atoms with Crippen LogP contribution in [0.1, 0.15) is 84.5 Å². The Balaban J connectivity index is 3.23. The van der Waals surface area contributed by atoms with Gasteiger partial charge in [-0.15, -0.1) is 0 Å². The van der Waals surface area contributed by atoms with Crippen molar-refractivity contribution >= 4 is 11.9 Å². The number of rotatable bonds is 14. The average Bonchev–Trinajstić information content (AvgIpc) is 2.46. The molecule has 0 spiro atoms. The lowest BCUT2D eigenvalue weighted by Gasteiger charge is -2.05. The van der Waals surface area contributed by atoms with Gasteiger partial charge >= 0.3 is 11.9 Å². The summed E-state index contributed by atoms with van der Waals surface area (Å²) in [5, 5.41) is 0. The van der Waals surface area contributed by atoms with Crippen LogP contribution < -0.4 is 0 Å². The zero-order chi connectivity index (χ0) is 15.8. The van der Waals surface area contributed by atoms with Crippen LogP contribution in [0.5, 0.6) is 0 Å². The van der Waals surface area contributed by atoms with Crippen molar-refractivity contribution in [1.82, 2.24) is 0 Å². The molecular weight excluding hydrogens is 268 g/mol. The van der Waals surface area contributed by atoms with E-state index >= 15 is 0 Å². The van der Waals surface area contributed by atoms with E-state index in [1.807, 2.05) is 6.92 Å². The van der Waals surface area contributed by atoms with E-state index in [1.165, 1.54) is 12.8 Å². The van der Waals surface area contributed by atoms with Crippen LogP contribution in [-0.4, -0.2) is 25.2 Å². The van der Waals surface area contributed by atoms with Crippen LogP contribution in [0, 0.1) is 0 Å². The van der Waals surface area contributed by atoms with Gasteiger partial charge in [0.25, 0.3) is 0 Å². The predicted octanol–water partition coefficient (Wildman–Crippen LogP) is 4.40. The minimum atomic E-state index is -0.107. The van der Waals surface area contributed by atoms with Crippen molar-refractivity contribution in [3.63, 3.8) is 0 Å². The van der Waals surface area contributed by atoms with Gasteiger partial charge in [-0.05, 0) is 26.2 Å². The molecule has 0 rings (SSSR count). The molecule has 0 heterocycles. The highest BCUT2D eigenvalue weighted by atomic mass is 16.5. The standard InChI is InChI=1S/C17H32O4/c1-3-5-6-12-15-21-17(19)14-11-9-7-8-10-13-16(18)20-4-2/h3-15H2,1-2H3. The fourth-order valence-corrected chi connectivity index (χ4v) is 2.09. The normalized spacial score (nSPS) is 10.4. The first kappa shape index (κ1) is 19.9. The van der Waals surface area contributed by atoms with Crippen molar-refractivity contribution in [2.24, 2.45) is 0 Å². The zero-order valence-corrected chi connectivity index (χ0v) is 13.8. The topological polar surface area (TPSA) is 52.6 Å². The molecule has 0 unspecified atom stereocenters. The summed E-state index contributed by atoms with van der Waals surface area (Å²) < 4.78 is 10.0. The van der Waals surface area contributed by atoms with Crippen LogP contribution in [-0.2, 0) is 19.1 Å². The summed E-state index contributed by atoms with van der Waals surface area (Å²) in [5.74, 6) is -0.179. The Labute approximate surface area is 129 Å². The summed E-state index contributed by atoms with van der Waals surface area (Å²) >= 11 is 0. The fourth-order valence-electron chi connectivity index (χ4n) is 2.09. The molecule has 0 fully saturated rings. The van der Waals surface area contributed by atoms with E-state index in [0.717, 1.165) is 44.9 Å². The molecule has 0 saturated carbocycles. The Hall–Kier alpha value is -1.06. The van der Waals surface area contributed by atoms with Crippen molar-refractivity contribution in [2.75, 3.05) is 13.2 Å². The van der Waals surface area contributed by atoms with Gasteiger partial charge in [-0.2, -0.15) is 0 Å². The van der Waals surface area contributed by atoms with Gasteiger partial charge in [0.2, 0.25) is 0 Å². The minimum absolute atomic E-state index is 0.0713. The summed E-state index contributed by atoms with van der Waals surface area (Å²) in [5.41, 5.74) is 0. The molecule has 21 heavy (non-hydrogen) atoms. The van der Waals surface area contributed by atoms with Gasteiger partial charge in [0.1, 0.15) is 0 Å². The molecule has 0 atom stereocenters. The van der Waals surface area contributed by atoms with E-state index in [1.54, 1.807) is 0 Å². The predicted molar refractivity (Wildman–Crippen MR) is 84.1 cm³/mol. The maximum absolute atomic E-state index is 11.4. The van der Waals surface area contributed by atoms with Gasteiger partial charge in [-0.1, -0.05) is 45.4 Å². The monoisotopic (exact) mass is 300 g/mol. The first-order valence-corrected chi connectivity index (χ1v) is 8.52. The molecule has 0 aromatic carbocycles. The minimum Gasteiger partial charge on any atom is -0.466 e. The lowest BCUT2D eigenvalue weighted by Crippen LogP contribution is -2.05. The highest BCUT2D eigenvalue weighted by molar-refractivity contribution is 5.69. The SMILES string of the molecule is CCCCCCOC(=O)CCCCCCCC(=O)OCC. The van der Waals surface area contributed by atoms with Gasteiger partial charge in [0.15, 0.2) is 0 Å². The van der Waals surface area contributed by atoms with Crippen molar-refractivity contribution in [2.45, 2.75) is 84.5 Å². The number of carbonyl (C=O) groups is 2. The Kier molecular flexibility index (Phi) is 14.6. The Bertz CT molecular complexity index is 264. The van der Waals surface area contributed by atoms with Gasteiger partial charge in [-0.3, -0.25) is 9.59 Å². The largest absolute Gasteiger partial charge is 0.466 e. The number of hydrogen-bond acceptors (Lipinski definition) is 4. The summed E-state index contributed by atoms with van der Waals surface area (Å²) in [4.78, 5) is 22.5. The third kappa shape index (κ3) is 15.2. The maximum atomic E-state index is 11.4. The number of esters is 2. The Morgan fingerprint density at radius 3 is 1.76 bits per heavy atom. The Morgan fingerprint density at radius 1 is 0.667 bits per heavy atom. The first-order valence-electron chi connectivity index (χ1n) is 8.52. The molecule has 0 bridgehead atoms.